The first-order valence-electron chi connectivity index (χ1n) is 8.43. The van der Waals surface area contributed by atoms with E-state index in [1.165, 1.54) is 25.9 Å². The van der Waals surface area contributed by atoms with Gasteiger partial charge in [0.05, 0.1) is 17.0 Å². The number of benzene rings is 1. The van der Waals surface area contributed by atoms with E-state index in [-0.39, 0.29) is 43.3 Å². The van der Waals surface area contributed by atoms with E-state index in [1.807, 2.05) is 6.92 Å². The molecule has 3 rings (SSSR count). The first-order valence-corrected chi connectivity index (χ1v) is 9.87. The summed E-state index contributed by atoms with van der Waals surface area (Å²) in [5, 5.41) is 0. The fourth-order valence-corrected chi connectivity index (χ4v) is 4.42. The molecule has 1 aliphatic heterocycles. The Kier molecular flexibility index (Phi) is 5.05. The van der Waals surface area contributed by atoms with Crippen LogP contribution in [0.3, 0.4) is 0 Å². The maximum Gasteiger partial charge on any atom is 0.419 e. The van der Waals surface area contributed by atoms with Crippen molar-refractivity contribution < 1.29 is 22.4 Å². The maximum absolute atomic E-state index is 12.9. The maximum atomic E-state index is 12.9. The number of fused-ring (bicyclic) bond motifs is 1. The molecular formula is C16H21N3O6S. The number of aryl methyl sites for hydroxylation is 1. The molecule has 26 heavy (non-hydrogen) atoms. The standard InChI is InChI=1S/C16H21N3O6S/c1-3-19-13-6-5-12(11-14(13)25-16(19)21)26(22,23)18-9-7-17(8-10-18)15(20)24-4-2/h5-6,11H,3-4,7-10H2,1-2H3. The molecule has 2 aromatic rings. The van der Waals surface area contributed by atoms with Crippen molar-refractivity contribution in [1.82, 2.24) is 13.8 Å². The molecule has 2 heterocycles. The lowest BCUT2D eigenvalue weighted by atomic mass is 10.3. The Morgan fingerprint density at radius 2 is 1.88 bits per heavy atom. The number of oxazole rings is 1. The van der Waals surface area contributed by atoms with E-state index in [2.05, 4.69) is 0 Å². The second-order valence-corrected chi connectivity index (χ2v) is 7.77. The van der Waals surface area contributed by atoms with Gasteiger partial charge in [0.2, 0.25) is 10.0 Å². The van der Waals surface area contributed by atoms with E-state index in [9.17, 15) is 18.0 Å². The zero-order valence-corrected chi connectivity index (χ0v) is 15.5. The highest BCUT2D eigenvalue weighted by Crippen LogP contribution is 2.22. The van der Waals surface area contributed by atoms with Crippen molar-refractivity contribution in [2.24, 2.45) is 0 Å². The predicted molar refractivity (Wildman–Crippen MR) is 93.5 cm³/mol. The minimum atomic E-state index is -3.74. The number of carbonyl (C=O) groups excluding carboxylic acids is 1. The summed E-state index contributed by atoms with van der Waals surface area (Å²) in [6.07, 6.45) is -0.436. The van der Waals surface area contributed by atoms with Gasteiger partial charge in [-0.2, -0.15) is 4.31 Å². The van der Waals surface area contributed by atoms with Crippen LogP contribution < -0.4 is 5.76 Å². The lowest BCUT2D eigenvalue weighted by molar-refractivity contribution is 0.0934. The van der Waals surface area contributed by atoms with Crippen molar-refractivity contribution in [2.75, 3.05) is 32.8 Å². The van der Waals surface area contributed by atoms with Crippen LogP contribution in [0.1, 0.15) is 13.8 Å². The summed E-state index contributed by atoms with van der Waals surface area (Å²) in [6.45, 7) is 5.14. The summed E-state index contributed by atoms with van der Waals surface area (Å²) < 4.78 is 38.5. The highest BCUT2D eigenvalue weighted by atomic mass is 32.2. The van der Waals surface area contributed by atoms with Gasteiger partial charge in [-0.25, -0.2) is 18.0 Å². The topological polar surface area (TPSA) is 102 Å². The monoisotopic (exact) mass is 383 g/mol. The van der Waals surface area contributed by atoms with Gasteiger partial charge in [0, 0.05) is 38.8 Å². The van der Waals surface area contributed by atoms with Gasteiger partial charge in [-0.3, -0.25) is 4.57 Å². The largest absolute Gasteiger partial charge is 0.450 e. The van der Waals surface area contributed by atoms with Crippen LogP contribution in [-0.4, -0.2) is 61.1 Å². The third kappa shape index (κ3) is 3.21. The van der Waals surface area contributed by atoms with Crippen LogP contribution in [0.15, 0.2) is 32.3 Å². The van der Waals surface area contributed by atoms with Crippen molar-refractivity contribution in [2.45, 2.75) is 25.3 Å². The van der Waals surface area contributed by atoms with Gasteiger partial charge >= 0.3 is 11.8 Å². The van der Waals surface area contributed by atoms with Gasteiger partial charge in [0.15, 0.2) is 5.58 Å². The smallest absolute Gasteiger partial charge is 0.419 e. The fourth-order valence-electron chi connectivity index (χ4n) is 2.98. The summed E-state index contributed by atoms with van der Waals surface area (Å²) in [4.78, 5) is 25.0. The molecule has 142 valence electrons. The Balaban J connectivity index is 1.82. The number of aromatic nitrogens is 1. The van der Waals surface area contributed by atoms with Crippen LogP contribution in [0.5, 0.6) is 0 Å². The summed E-state index contributed by atoms with van der Waals surface area (Å²) in [6, 6.07) is 4.41. The highest BCUT2D eigenvalue weighted by Gasteiger charge is 2.31. The van der Waals surface area contributed by atoms with Gasteiger partial charge in [0.25, 0.3) is 0 Å². The Morgan fingerprint density at radius 1 is 1.19 bits per heavy atom. The van der Waals surface area contributed by atoms with E-state index in [0.717, 1.165) is 0 Å². The minimum Gasteiger partial charge on any atom is -0.450 e. The van der Waals surface area contributed by atoms with Crippen LogP contribution in [-0.2, 0) is 21.3 Å². The van der Waals surface area contributed by atoms with Gasteiger partial charge in [-0.1, -0.05) is 0 Å². The zero-order chi connectivity index (χ0) is 18.9. The molecule has 0 saturated carbocycles. The summed E-state index contributed by atoms with van der Waals surface area (Å²) in [5.41, 5.74) is 0.798. The van der Waals surface area contributed by atoms with Crippen molar-refractivity contribution in [3.8, 4) is 0 Å². The minimum absolute atomic E-state index is 0.0617. The van der Waals surface area contributed by atoms with Crippen molar-refractivity contribution in [3.63, 3.8) is 0 Å². The first kappa shape index (κ1) is 18.5. The van der Waals surface area contributed by atoms with Gasteiger partial charge in [0.1, 0.15) is 0 Å². The first-order chi connectivity index (χ1) is 12.4. The molecule has 1 saturated heterocycles. The molecule has 1 aliphatic rings. The van der Waals surface area contributed by atoms with E-state index in [0.29, 0.717) is 12.1 Å². The fraction of sp³-hybridized carbons (Fsp3) is 0.500. The number of nitrogens with zero attached hydrogens (tertiary/aromatic N) is 3. The molecule has 0 N–H and O–H groups in total. The molecule has 1 aromatic carbocycles. The predicted octanol–water partition coefficient (Wildman–Crippen LogP) is 1.08. The van der Waals surface area contributed by atoms with Gasteiger partial charge in [-0.05, 0) is 26.0 Å². The summed E-state index contributed by atoms with van der Waals surface area (Å²) in [7, 11) is -3.74. The van der Waals surface area contributed by atoms with E-state index in [1.54, 1.807) is 13.0 Å². The normalized spacial score (nSPS) is 16.2. The second-order valence-electron chi connectivity index (χ2n) is 5.83. The zero-order valence-electron chi connectivity index (χ0n) is 14.7. The molecule has 1 fully saturated rings. The number of amides is 1. The third-order valence-electron chi connectivity index (χ3n) is 4.36. The quantitative estimate of drug-likeness (QED) is 0.783. The number of ether oxygens (including phenoxy) is 1. The lowest BCUT2D eigenvalue weighted by Gasteiger charge is -2.33. The van der Waals surface area contributed by atoms with Crippen LogP contribution in [0.4, 0.5) is 4.79 Å². The molecule has 9 nitrogen and oxygen atoms in total. The number of hydrogen-bond donors (Lipinski definition) is 0. The molecule has 0 aliphatic carbocycles. The van der Waals surface area contributed by atoms with Crippen LogP contribution in [0.2, 0.25) is 0 Å². The molecule has 0 unspecified atom stereocenters. The molecule has 1 aromatic heterocycles. The van der Waals surface area contributed by atoms with Gasteiger partial charge < -0.3 is 14.1 Å². The Bertz CT molecular complexity index is 970. The average molecular weight is 383 g/mol. The molecule has 0 bridgehead atoms. The number of piperazine rings is 1. The third-order valence-corrected chi connectivity index (χ3v) is 6.25. The van der Waals surface area contributed by atoms with Crippen molar-refractivity contribution in [1.29, 1.82) is 0 Å². The number of sulfonamides is 1. The van der Waals surface area contributed by atoms with Crippen LogP contribution in [0, 0.1) is 0 Å². The summed E-state index contributed by atoms with van der Waals surface area (Å²) >= 11 is 0. The molecule has 0 radical (unpaired) electrons. The van der Waals surface area contributed by atoms with E-state index >= 15 is 0 Å². The SMILES string of the molecule is CCOC(=O)N1CCN(S(=O)(=O)c2ccc3c(c2)oc(=O)n3CC)CC1. The molecular weight excluding hydrogens is 362 g/mol. The number of hydrogen-bond acceptors (Lipinski definition) is 6. The lowest BCUT2D eigenvalue weighted by Crippen LogP contribution is -2.50. The Hall–Kier alpha value is -2.33. The molecule has 1 amide bonds. The molecule has 0 atom stereocenters. The van der Waals surface area contributed by atoms with Gasteiger partial charge in [-0.15, -0.1) is 0 Å². The Labute approximate surface area is 150 Å². The van der Waals surface area contributed by atoms with E-state index in [4.69, 9.17) is 9.15 Å². The molecule has 0 spiro atoms. The van der Waals surface area contributed by atoms with Crippen molar-refractivity contribution in [3.05, 3.63) is 28.7 Å². The number of rotatable bonds is 4. The highest BCUT2D eigenvalue weighted by molar-refractivity contribution is 7.89. The molecule has 10 heteroatoms. The van der Waals surface area contributed by atoms with Crippen molar-refractivity contribution >= 4 is 27.2 Å². The summed E-state index contributed by atoms with van der Waals surface area (Å²) in [5.74, 6) is -0.514. The average Bonchev–Trinajstić information content (AvgIpc) is 2.96. The second kappa shape index (κ2) is 7.12. The number of carbonyl (C=O) groups is 1. The van der Waals surface area contributed by atoms with E-state index < -0.39 is 21.9 Å². The van der Waals surface area contributed by atoms with Crippen LogP contribution >= 0.6 is 0 Å². The van der Waals surface area contributed by atoms with Crippen LogP contribution in [0.25, 0.3) is 11.1 Å². The Morgan fingerprint density at radius 3 is 2.50 bits per heavy atom.